The molecule has 15 nitrogen and oxygen atoms in total. The molecular formula is C37H47N5O10S. The molecule has 2 saturated carbocycles. The number of sulfonamides is 1. The molecule has 3 fully saturated rings. The molecule has 5 aliphatic rings. The molecular weight excluding hydrogens is 706 g/mol. The lowest BCUT2D eigenvalue weighted by molar-refractivity contribution is -0.145. The fourth-order valence-electron chi connectivity index (χ4n) is 7.73. The molecule has 0 radical (unpaired) electrons. The first-order chi connectivity index (χ1) is 25.2. The fraction of sp³-hybridized carbons (Fsp3) is 0.595. The van der Waals surface area contributed by atoms with E-state index in [9.17, 15) is 32.7 Å². The highest BCUT2D eigenvalue weighted by atomic mass is 32.2. The van der Waals surface area contributed by atoms with Gasteiger partial charge in [0.05, 0.1) is 30.1 Å². The number of carbonyl (C=O) groups is 4. The summed E-state index contributed by atoms with van der Waals surface area (Å²) >= 11 is 0. The van der Waals surface area contributed by atoms with E-state index in [0.717, 1.165) is 29.2 Å². The van der Waals surface area contributed by atoms with E-state index in [4.69, 9.17) is 19.2 Å². The number of benzene rings is 1. The van der Waals surface area contributed by atoms with Crippen molar-refractivity contribution in [2.75, 3.05) is 13.2 Å². The number of fused-ring (bicyclic) bond motifs is 5. The molecule has 0 unspecified atom stereocenters. The monoisotopic (exact) mass is 753 g/mol. The van der Waals surface area contributed by atoms with Gasteiger partial charge in [0.1, 0.15) is 23.7 Å². The summed E-state index contributed by atoms with van der Waals surface area (Å²) in [5.41, 5.74) is -0.593. The molecule has 1 saturated heterocycles. The zero-order valence-electron chi connectivity index (χ0n) is 30.1. The van der Waals surface area contributed by atoms with Crippen molar-refractivity contribution in [3.63, 3.8) is 0 Å². The van der Waals surface area contributed by atoms with Crippen molar-refractivity contribution in [1.29, 1.82) is 0 Å². The average molecular weight is 754 g/mol. The second kappa shape index (κ2) is 14.1. The van der Waals surface area contributed by atoms with Crippen molar-refractivity contribution >= 4 is 44.6 Å². The molecule has 53 heavy (non-hydrogen) atoms. The van der Waals surface area contributed by atoms with Gasteiger partial charge in [-0.1, -0.05) is 37.3 Å². The number of nitrogens with one attached hydrogen (secondary N) is 3. The third-order valence-electron chi connectivity index (χ3n) is 11.3. The van der Waals surface area contributed by atoms with Crippen LogP contribution in [-0.2, 0) is 35.6 Å². The third-order valence-corrected chi connectivity index (χ3v) is 13.5. The van der Waals surface area contributed by atoms with Gasteiger partial charge in [0.2, 0.25) is 33.6 Å². The Labute approximate surface area is 308 Å². The fourth-order valence-corrected chi connectivity index (χ4v) is 9.04. The second-order valence-electron chi connectivity index (χ2n) is 15.2. The number of carboxylic acid groups (broad SMARTS) is 1. The molecule has 1 aromatic carbocycles. The number of rotatable bonds is 7. The smallest absolute Gasteiger partial charge is 0.405 e. The Morgan fingerprint density at radius 1 is 1.19 bits per heavy atom. The topological polar surface area (TPSA) is 203 Å². The highest BCUT2D eigenvalue weighted by Crippen LogP contribution is 2.47. The summed E-state index contributed by atoms with van der Waals surface area (Å²) in [6.45, 7) is 5.60. The zero-order chi connectivity index (χ0) is 37.7. The normalized spacial score (nSPS) is 31.0. The molecule has 16 heteroatoms. The van der Waals surface area contributed by atoms with Gasteiger partial charge in [-0.2, -0.15) is 4.98 Å². The molecule has 7 rings (SSSR count). The van der Waals surface area contributed by atoms with Gasteiger partial charge < -0.3 is 34.9 Å². The van der Waals surface area contributed by atoms with Crippen molar-refractivity contribution in [3.05, 3.63) is 42.0 Å². The summed E-state index contributed by atoms with van der Waals surface area (Å²) < 4.78 is 46.1. The van der Waals surface area contributed by atoms with E-state index >= 15 is 0 Å². The van der Waals surface area contributed by atoms with Crippen LogP contribution in [0.2, 0.25) is 0 Å². The number of carbonyl (C=O) groups excluding carboxylic acids is 3. The Kier molecular flexibility index (Phi) is 9.81. The largest absolute Gasteiger partial charge is 0.477 e. The number of amides is 4. The van der Waals surface area contributed by atoms with Crippen LogP contribution in [0.25, 0.3) is 10.8 Å². The third kappa shape index (κ3) is 7.14. The number of aromatic nitrogens is 1. The summed E-state index contributed by atoms with van der Waals surface area (Å²) in [5.74, 6) is -1.98. The Bertz CT molecular complexity index is 1950. The summed E-state index contributed by atoms with van der Waals surface area (Å²) in [6.07, 6.45) is 4.23. The van der Waals surface area contributed by atoms with Gasteiger partial charge in [0.25, 0.3) is 5.91 Å². The van der Waals surface area contributed by atoms with Crippen LogP contribution >= 0.6 is 0 Å². The molecule has 1 aromatic heterocycles. The molecule has 4 amide bonds. The lowest BCUT2D eigenvalue weighted by Gasteiger charge is -2.33. The first kappa shape index (κ1) is 36.9. The van der Waals surface area contributed by atoms with Crippen molar-refractivity contribution in [2.24, 2.45) is 5.92 Å². The van der Waals surface area contributed by atoms with Crippen LogP contribution in [0.4, 0.5) is 4.79 Å². The molecule has 4 heterocycles. The number of nitrogens with zero attached hydrogens (tertiary/aromatic N) is 2. The maximum Gasteiger partial charge on any atom is 0.405 e. The van der Waals surface area contributed by atoms with Gasteiger partial charge in [-0.15, -0.1) is 0 Å². The zero-order valence-corrected chi connectivity index (χ0v) is 30.9. The number of hydrogen-bond acceptors (Lipinski definition) is 10. The van der Waals surface area contributed by atoms with Crippen LogP contribution < -0.4 is 24.8 Å². The quantitative estimate of drug-likeness (QED) is 0.303. The Morgan fingerprint density at radius 3 is 2.66 bits per heavy atom. The predicted molar refractivity (Wildman–Crippen MR) is 192 cm³/mol. The van der Waals surface area contributed by atoms with Crippen LogP contribution in [0.5, 0.6) is 11.8 Å². The Morgan fingerprint density at radius 2 is 1.94 bits per heavy atom. The number of pyridine rings is 1. The highest BCUT2D eigenvalue weighted by molar-refractivity contribution is 7.91. The SMILES string of the molecule is CC[C@@H]1O[C@H](C)CCC=C[C@@H]2C[C@@]2(C(=O)NS(=O)(=O)C2(C)CC2)NC(=O)[C@@H]2C[C@@H](Oc3nc4c(c5ccccc35)CCCO4)CN2C(=O)[C@H]1NC(=O)O. The van der Waals surface area contributed by atoms with Gasteiger partial charge in [-0.25, -0.2) is 13.2 Å². The number of allylic oxidation sites excluding steroid dienone is 1. The number of aryl methyl sites for hydroxylation is 1. The summed E-state index contributed by atoms with van der Waals surface area (Å²) in [5, 5.41) is 16.7. The van der Waals surface area contributed by atoms with E-state index in [-0.39, 0.29) is 31.4 Å². The summed E-state index contributed by atoms with van der Waals surface area (Å²) in [6, 6.07) is 5.07. The first-order valence-electron chi connectivity index (χ1n) is 18.5. The molecule has 7 atom stereocenters. The molecule has 4 N–H and O–H groups in total. The van der Waals surface area contributed by atoms with E-state index in [2.05, 4.69) is 15.4 Å². The van der Waals surface area contributed by atoms with E-state index < -0.39 is 74.3 Å². The average Bonchev–Trinajstić information content (AvgIpc) is 4.01. The van der Waals surface area contributed by atoms with Crippen LogP contribution in [0.3, 0.4) is 0 Å². The van der Waals surface area contributed by atoms with Gasteiger partial charge in [0.15, 0.2) is 0 Å². The molecule has 3 aliphatic heterocycles. The van der Waals surface area contributed by atoms with Crippen molar-refractivity contribution in [2.45, 2.75) is 119 Å². The molecule has 286 valence electrons. The lowest BCUT2D eigenvalue weighted by atomic mass is 10.0. The molecule has 0 bridgehead atoms. The first-order valence-corrected chi connectivity index (χ1v) is 20.0. The second-order valence-corrected chi connectivity index (χ2v) is 17.4. The number of hydrogen-bond donors (Lipinski definition) is 4. The van der Waals surface area contributed by atoms with Crippen LogP contribution in [0.1, 0.15) is 77.7 Å². The van der Waals surface area contributed by atoms with Crippen molar-refractivity contribution < 1.29 is 46.9 Å². The molecule has 2 aromatic rings. The van der Waals surface area contributed by atoms with Crippen LogP contribution in [0.15, 0.2) is 36.4 Å². The van der Waals surface area contributed by atoms with E-state index in [1.54, 1.807) is 13.8 Å². The van der Waals surface area contributed by atoms with Crippen LogP contribution in [-0.4, -0.2) is 101 Å². The Hall–Kier alpha value is -4.44. The van der Waals surface area contributed by atoms with E-state index in [1.807, 2.05) is 43.3 Å². The predicted octanol–water partition coefficient (Wildman–Crippen LogP) is 2.95. The number of ether oxygens (including phenoxy) is 3. The van der Waals surface area contributed by atoms with Gasteiger partial charge >= 0.3 is 6.09 Å². The molecule has 2 aliphatic carbocycles. The maximum absolute atomic E-state index is 14.5. The van der Waals surface area contributed by atoms with Gasteiger partial charge in [-0.3, -0.25) is 19.1 Å². The minimum atomic E-state index is -4.02. The standard InChI is InChI=1S/C37H47N5O10S/c1-4-28-29(38-35(46)47)33(44)42-20-23(52-32-26-13-8-7-12-24(26)25-14-9-17-50-31(25)39-32)18-27(42)30(43)40-37(19-22(37)11-6-5-10-21(2)51-28)34(45)41-53(48,49)36(3)15-16-36/h6-8,11-13,21-23,27-29,38H,4-5,9-10,14-20H2,1-3H3,(H,40,43)(H,41,45)(H,46,47)/t21-,22-,23-,27+,28+,29+,37-/m1/s1. The maximum atomic E-state index is 14.5. The minimum Gasteiger partial charge on any atom is -0.477 e. The minimum absolute atomic E-state index is 0.0199. The lowest BCUT2D eigenvalue weighted by Crippen LogP contribution is -2.60. The van der Waals surface area contributed by atoms with Crippen molar-refractivity contribution in [1.82, 2.24) is 25.2 Å². The Balaban J connectivity index is 1.24. The van der Waals surface area contributed by atoms with E-state index in [0.29, 0.717) is 44.6 Å². The van der Waals surface area contributed by atoms with Gasteiger partial charge in [0, 0.05) is 23.3 Å². The highest BCUT2D eigenvalue weighted by Gasteiger charge is 2.63. The van der Waals surface area contributed by atoms with Gasteiger partial charge in [-0.05, 0) is 76.7 Å². The molecule has 0 spiro atoms. The van der Waals surface area contributed by atoms with Crippen LogP contribution in [0, 0.1) is 5.92 Å². The van der Waals surface area contributed by atoms with Crippen molar-refractivity contribution in [3.8, 4) is 11.8 Å². The van der Waals surface area contributed by atoms with E-state index in [1.165, 1.54) is 4.90 Å². The summed E-state index contributed by atoms with van der Waals surface area (Å²) in [7, 11) is -4.02. The summed E-state index contributed by atoms with van der Waals surface area (Å²) in [4.78, 5) is 60.8.